The van der Waals surface area contributed by atoms with Gasteiger partial charge in [0.25, 0.3) is 0 Å². The van der Waals surface area contributed by atoms with Crippen LogP contribution in [0.2, 0.25) is 0 Å². The Labute approximate surface area is 61.8 Å². The quantitative estimate of drug-likeness (QED) is 0.558. The molecule has 10 heavy (non-hydrogen) atoms. The van der Waals surface area contributed by atoms with Crippen LogP contribution in [0.15, 0.2) is 12.2 Å². The average molecular weight is 142 g/mol. The molecule has 2 nitrogen and oxygen atoms in total. The predicted octanol–water partition coefficient (Wildman–Crippen LogP) is 1.72. The topological polar surface area (TPSA) is 18.5 Å². The molecule has 1 heterocycles. The summed E-state index contributed by atoms with van der Waals surface area (Å²) in [5.74, 6) is 0. The third-order valence-corrected chi connectivity index (χ3v) is 1.42. The molecular weight excluding hydrogens is 128 g/mol. The van der Waals surface area contributed by atoms with E-state index < -0.39 is 0 Å². The van der Waals surface area contributed by atoms with E-state index in [1.165, 1.54) is 0 Å². The monoisotopic (exact) mass is 142 g/mol. The standard InChI is InChI=1S/C8H14O2/c1-2-3-4-5-8-9-6-7-10-8/h3-4,8H,2,5-7H2,1H3. The average Bonchev–Trinajstić information content (AvgIpc) is 2.41. The lowest BCUT2D eigenvalue weighted by Crippen LogP contribution is -2.04. The van der Waals surface area contributed by atoms with Gasteiger partial charge in [-0.05, 0) is 6.42 Å². The van der Waals surface area contributed by atoms with Crippen molar-refractivity contribution in [3.8, 4) is 0 Å². The van der Waals surface area contributed by atoms with Crippen LogP contribution in [0.5, 0.6) is 0 Å². The Morgan fingerprint density at radius 3 is 2.60 bits per heavy atom. The van der Waals surface area contributed by atoms with Crippen molar-refractivity contribution in [3.63, 3.8) is 0 Å². The van der Waals surface area contributed by atoms with Crippen LogP contribution in [0.3, 0.4) is 0 Å². The van der Waals surface area contributed by atoms with Gasteiger partial charge in [0.2, 0.25) is 0 Å². The first-order valence-corrected chi connectivity index (χ1v) is 3.81. The van der Waals surface area contributed by atoms with E-state index in [1.807, 2.05) is 0 Å². The Morgan fingerprint density at radius 2 is 2.00 bits per heavy atom. The van der Waals surface area contributed by atoms with Crippen LogP contribution in [-0.2, 0) is 9.47 Å². The zero-order valence-electron chi connectivity index (χ0n) is 6.38. The second-order valence-corrected chi connectivity index (χ2v) is 2.29. The summed E-state index contributed by atoms with van der Waals surface area (Å²) in [6, 6.07) is 0. The Balaban J connectivity index is 2.06. The number of allylic oxidation sites excluding steroid dienone is 1. The maximum absolute atomic E-state index is 5.23. The molecule has 1 rings (SSSR count). The maximum atomic E-state index is 5.23. The van der Waals surface area contributed by atoms with Gasteiger partial charge in [0.05, 0.1) is 13.2 Å². The Hall–Kier alpha value is -0.340. The molecule has 1 aliphatic heterocycles. The van der Waals surface area contributed by atoms with Crippen molar-refractivity contribution in [2.45, 2.75) is 26.1 Å². The summed E-state index contributed by atoms with van der Waals surface area (Å²) in [7, 11) is 0. The van der Waals surface area contributed by atoms with E-state index >= 15 is 0 Å². The lowest BCUT2D eigenvalue weighted by molar-refractivity contribution is -0.0380. The minimum Gasteiger partial charge on any atom is -0.350 e. The summed E-state index contributed by atoms with van der Waals surface area (Å²) >= 11 is 0. The minimum absolute atomic E-state index is 0.0304. The molecular formula is C8H14O2. The SMILES string of the molecule is CCC=CCC1OCCO1. The molecule has 0 saturated carbocycles. The molecule has 1 fully saturated rings. The number of hydrogen-bond donors (Lipinski definition) is 0. The number of hydrogen-bond acceptors (Lipinski definition) is 2. The van der Waals surface area contributed by atoms with E-state index in [1.54, 1.807) is 0 Å². The predicted molar refractivity (Wildman–Crippen MR) is 39.7 cm³/mol. The molecule has 0 spiro atoms. The summed E-state index contributed by atoms with van der Waals surface area (Å²) in [6.45, 7) is 3.63. The molecule has 0 N–H and O–H groups in total. The second kappa shape index (κ2) is 4.47. The molecule has 0 unspecified atom stereocenters. The van der Waals surface area contributed by atoms with Gasteiger partial charge in [0, 0.05) is 6.42 Å². The fourth-order valence-electron chi connectivity index (χ4n) is 0.917. The zero-order chi connectivity index (χ0) is 7.23. The molecule has 1 aliphatic rings. The summed E-state index contributed by atoms with van der Waals surface area (Å²) < 4.78 is 10.5. The van der Waals surface area contributed by atoms with Gasteiger partial charge in [-0.15, -0.1) is 0 Å². The van der Waals surface area contributed by atoms with Crippen molar-refractivity contribution in [2.75, 3.05) is 13.2 Å². The molecule has 1 saturated heterocycles. The van der Waals surface area contributed by atoms with E-state index in [-0.39, 0.29) is 6.29 Å². The van der Waals surface area contributed by atoms with Crippen molar-refractivity contribution in [1.82, 2.24) is 0 Å². The van der Waals surface area contributed by atoms with Crippen LogP contribution in [0.4, 0.5) is 0 Å². The van der Waals surface area contributed by atoms with Crippen molar-refractivity contribution in [2.24, 2.45) is 0 Å². The zero-order valence-corrected chi connectivity index (χ0v) is 6.38. The van der Waals surface area contributed by atoms with E-state index in [0.29, 0.717) is 0 Å². The third kappa shape index (κ3) is 2.50. The van der Waals surface area contributed by atoms with E-state index in [4.69, 9.17) is 9.47 Å². The van der Waals surface area contributed by atoms with Gasteiger partial charge in [0.1, 0.15) is 0 Å². The van der Waals surface area contributed by atoms with Crippen LogP contribution in [0, 0.1) is 0 Å². The molecule has 0 aliphatic carbocycles. The van der Waals surface area contributed by atoms with Gasteiger partial charge in [-0.1, -0.05) is 19.1 Å². The molecule has 0 aromatic heterocycles. The van der Waals surface area contributed by atoms with Gasteiger partial charge in [-0.25, -0.2) is 0 Å². The molecule has 0 aromatic rings. The Kier molecular flexibility index (Phi) is 3.47. The molecule has 2 heteroatoms. The first-order chi connectivity index (χ1) is 4.93. The Bertz CT molecular complexity index is 104. The van der Waals surface area contributed by atoms with E-state index in [2.05, 4.69) is 19.1 Å². The summed E-state index contributed by atoms with van der Waals surface area (Å²) in [6.07, 6.45) is 6.25. The second-order valence-electron chi connectivity index (χ2n) is 2.29. The highest BCUT2D eigenvalue weighted by Gasteiger charge is 2.12. The molecule has 0 amide bonds. The van der Waals surface area contributed by atoms with Crippen LogP contribution in [-0.4, -0.2) is 19.5 Å². The van der Waals surface area contributed by atoms with E-state index in [0.717, 1.165) is 26.1 Å². The van der Waals surface area contributed by atoms with Crippen molar-refractivity contribution >= 4 is 0 Å². The van der Waals surface area contributed by atoms with Gasteiger partial charge in [-0.3, -0.25) is 0 Å². The van der Waals surface area contributed by atoms with Crippen molar-refractivity contribution in [3.05, 3.63) is 12.2 Å². The fourth-order valence-corrected chi connectivity index (χ4v) is 0.917. The van der Waals surface area contributed by atoms with Crippen LogP contribution >= 0.6 is 0 Å². The summed E-state index contributed by atoms with van der Waals surface area (Å²) in [5, 5.41) is 0. The Morgan fingerprint density at radius 1 is 1.30 bits per heavy atom. The van der Waals surface area contributed by atoms with Gasteiger partial charge >= 0.3 is 0 Å². The molecule has 0 aromatic carbocycles. The van der Waals surface area contributed by atoms with Gasteiger partial charge < -0.3 is 9.47 Å². The normalized spacial score (nSPS) is 20.9. The molecule has 0 bridgehead atoms. The molecule has 0 atom stereocenters. The van der Waals surface area contributed by atoms with E-state index in [9.17, 15) is 0 Å². The maximum Gasteiger partial charge on any atom is 0.161 e. The highest BCUT2D eigenvalue weighted by molar-refractivity contribution is 4.81. The number of ether oxygens (including phenoxy) is 2. The smallest absolute Gasteiger partial charge is 0.161 e. The number of rotatable bonds is 3. The fraction of sp³-hybridized carbons (Fsp3) is 0.750. The highest BCUT2D eigenvalue weighted by atomic mass is 16.7. The molecule has 0 radical (unpaired) electrons. The highest BCUT2D eigenvalue weighted by Crippen LogP contribution is 2.07. The lowest BCUT2D eigenvalue weighted by atomic mass is 10.3. The van der Waals surface area contributed by atoms with Gasteiger partial charge in [0.15, 0.2) is 6.29 Å². The van der Waals surface area contributed by atoms with Gasteiger partial charge in [-0.2, -0.15) is 0 Å². The van der Waals surface area contributed by atoms with Crippen molar-refractivity contribution in [1.29, 1.82) is 0 Å². The van der Waals surface area contributed by atoms with Crippen LogP contribution < -0.4 is 0 Å². The minimum atomic E-state index is 0.0304. The largest absolute Gasteiger partial charge is 0.350 e. The molecule has 58 valence electrons. The lowest BCUT2D eigenvalue weighted by Gasteiger charge is -2.03. The third-order valence-electron chi connectivity index (χ3n) is 1.42. The summed E-state index contributed by atoms with van der Waals surface area (Å²) in [5.41, 5.74) is 0. The summed E-state index contributed by atoms with van der Waals surface area (Å²) in [4.78, 5) is 0. The van der Waals surface area contributed by atoms with Crippen LogP contribution in [0.1, 0.15) is 19.8 Å². The first-order valence-electron chi connectivity index (χ1n) is 3.81. The first kappa shape index (κ1) is 7.76. The van der Waals surface area contributed by atoms with Crippen LogP contribution in [0.25, 0.3) is 0 Å². The van der Waals surface area contributed by atoms with Crippen molar-refractivity contribution < 1.29 is 9.47 Å².